The molecule has 0 radical (unpaired) electrons. The highest BCUT2D eigenvalue weighted by molar-refractivity contribution is 7.80. The summed E-state index contributed by atoms with van der Waals surface area (Å²) in [4.78, 5) is 14.5. The van der Waals surface area contributed by atoms with Crippen molar-refractivity contribution in [1.29, 1.82) is 0 Å². The fourth-order valence-electron chi connectivity index (χ4n) is 2.06. The molecule has 2 rings (SSSR count). The highest BCUT2D eigenvalue weighted by Gasteiger charge is 2.25. The van der Waals surface area contributed by atoms with Crippen LogP contribution in [-0.4, -0.2) is 38.7 Å². The number of aryl methyl sites for hydroxylation is 1. The van der Waals surface area contributed by atoms with Crippen LogP contribution >= 0.6 is 12.2 Å². The summed E-state index contributed by atoms with van der Waals surface area (Å²) in [5.74, 6) is 0.268. The van der Waals surface area contributed by atoms with Gasteiger partial charge in [-0.25, -0.2) is 0 Å². The molecule has 17 heavy (non-hydrogen) atoms. The van der Waals surface area contributed by atoms with Crippen molar-refractivity contribution in [2.45, 2.75) is 12.8 Å². The Bertz CT molecular complexity index is 434. The maximum Gasteiger partial charge on any atom is 0.274 e. The average molecular weight is 252 g/mol. The minimum absolute atomic E-state index is 0.00742. The number of thiocarbonyl (C=S) groups is 1. The summed E-state index contributed by atoms with van der Waals surface area (Å²) in [6.45, 7) is 1.41. The minimum Gasteiger partial charge on any atom is -0.393 e. The Labute approximate surface area is 106 Å². The molecule has 6 heteroatoms. The first-order valence-corrected chi connectivity index (χ1v) is 6.07. The van der Waals surface area contributed by atoms with Crippen molar-refractivity contribution in [1.82, 2.24) is 14.7 Å². The molecule has 5 nitrogen and oxygen atoms in total. The molecule has 1 fully saturated rings. The van der Waals surface area contributed by atoms with Gasteiger partial charge in [0.2, 0.25) is 0 Å². The van der Waals surface area contributed by atoms with E-state index >= 15 is 0 Å². The first-order valence-electron chi connectivity index (χ1n) is 5.66. The third-order valence-corrected chi connectivity index (χ3v) is 3.45. The zero-order valence-corrected chi connectivity index (χ0v) is 10.6. The molecule has 0 saturated carbocycles. The van der Waals surface area contributed by atoms with Crippen LogP contribution < -0.4 is 5.73 Å². The SMILES string of the molecule is Cn1ccc(C(=O)N2CCC(C(N)=S)CC2)n1. The zero-order valence-electron chi connectivity index (χ0n) is 9.80. The molecule has 1 aromatic heterocycles. The Morgan fingerprint density at radius 2 is 2.18 bits per heavy atom. The molecule has 1 amide bonds. The van der Waals surface area contributed by atoms with Crippen LogP contribution in [0.1, 0.15) is 23.3 Å². The summed E-state index contributed by atoms with van der Waals surface area (Å²) >= 11 is 4.98. The predicted octanol–water partition coefficient (Wildman–Crippen LogP) is 0.558. The standard InChI is InChI=1S/C11H16N4OS/c1-14-5-4-9(13-14)11(16)15-6-2-8(3-7-15)10(12)17/h4-5,8H,2-3,6-7H2,1H3,(H2,12,17). The van der Waals surface area contributed by atoms with Gasteiger partial charge >= 0.3 is 0 Å². The first kappa shape index (κ1) is 12.0. The summed E-state index contributed by atoms with van der Waals surface area (Å²) in [5, 5.41) is 4.11. The van der Waals surface area contributed by atoms with E-state index in [0.29, 0.717) is 23.8 Å². The fourth-order valence-corrected chi connectivity index (χ4v) is 2.29. The summed E-state index contributed by atoms with van der Waals surface area (Å²) in [6, 6.07) is 1.74. The number of hydrogen-bond donors (Lipinski definition) is 1. The van der Waals surface area contributed by atoms with E-state index in [9.17, 15) is 4.79 Å². The molecule has 92 valence electrons. The van der Waals surface area contributed by atoms with E-state index in [1.807, 2.05) is 4.90 Å². The third kappa shape index (κ3) is 2.63. The van der Waals surface area contributed by atoms with Gasteiger partial charge in [-0.05, 0) is 18.9 Å². The molecule has 0 spiro atoms. The number of carbonyl (C=O) groups is 1. The predicted molar refractivity (Wildman–Crippen MR) is 68.6 cm³/mol. The Morgan fingerprint density at radius 3 is 2.65 bits per heavy atom. The summed E-state index contributed by atoms with van der Waals surface area (Å²) < 4.78 is 1.63. The quantitative estimate of drug-likeness (QED) is 0.781. The smallest absolute Gasteiger partial charge is 0.274 e. The van der Waals surface area contributed by atoms with Crippen LogP contribution in [0.2, 0.25) is 0 Å². The molecular formula is C11H16N4OS. The Hall–Kier alpha value is -1.43. The maximum absolute atomic E-state index is 12.1. The second kappa shape index (κ2) is 4.83. The van der Waals surface area contributed by atoms with Crippen LogP contribution in [0.5, 0.6) is 0 Å². The average Bonchev–Trinajstić information content (AvgIpc) is 2.75. The van der Waals surface area contributed by atoms with Crippen molar-refractivity contribution in [3.63, 3.8) is 0 Å². The van der Waals surface area contributed by atoms with Crippen molar-refractivity contribution < 1.29 is 4.79 Å². The maximum atomic E-state index is 12.1. The normalized spacial score (nSPS) is 17.1. The number of likely N-dealkylation sites (tertiary alicyclic amines) is 1. The zero-order chi connectivity index (χ0) is 12.4. The molecule has 0 unspecified atom stereocenters. The van der Waals surface area contributed by atoms with Crippen molar-refractivity contribution in [2.75, 3.05) is 13.1 Å². The molecule has 0 aromatic carbocycles. The van der Waals surface area contributed by atoms with Crippen LogP contribution in [0.15, 0.2) is 12.3 Å². The van der Waals surface area contributed by atoms with Gasteiger partial charge in [0.1, 0.15) is 5.69 Å². The van der Waals surface area contributed by atoms with Gasteiger partial charge in [0.15, 0.2) is 0 Å². The van der Waals surface area contributed by atoms with Gasteiger partial charge in [0.25, 0.3) is 5.91 Å². The van der Waals surface area contributed by atoms with Crippen molar-refractivity contribution in [3.8, 4) is 0 Å². The second-order valence-electron chi connectivity index (χ2n) is 4.34. The highest BCUT2D eigenvalue weighted by atomic mass is 32.1. The van der Waals surface area contributed by atoms with Crippen LogP contribution in [0, 0.1) is 5.92 Å². The van der Waals surface area contributed by atoms with Gasteiger partial charge < -0.3 is 10.6 Å². The van der Waals surface area contributed by atoms with Crippen molar-refractivity contribution in [2.24, 2.45) is 18.7 Å². The van der Waals surface area contributed by atoms with Crippen molar-refractivity contribution in [3.05, 3.63) is 18.0 Å². The Balaban J connectivity index is 1.97. The number of piperidine rings is 1. The number of hydrogen-bond acceptors (Lipinski definition) is 3. The second-order valence-corrected chi connectivity index (χ2v) is 4.81. The van der Waals surface area contributed by atoms with Crippen molar-refractivity contribution >= 4 is 23.1 Å². The number of nitrogens with two attached hydrogens (primary N) is 1. The lowest BCUT2D eigenvalue weighted by atomic mass is 9.97. The lowest BCUT2D eigenvalue weighted by molar-refractivity contribution is 0.0703. The highest BCUT2D eigenvalue weighted by Crippen LogP contribution is 2.18. The Morgan fingerprint density at radius 1 is 1.53 bits per heavy atom. The molecule has 2 N–H and O–H groups in total. The van der Waals surface area contributed by atoms with Gasteiger partial charge in [-0.15, -0.1) is 0 Å². The van der Waals surface area contributed by atoms with Gasteiger partial charge in [-0.3, -0.25) is 9.48 Å². The van der Waals surface area contributed by atoms with E-state index in [2.05, 4.69) is 5.10 Å². The summed E-state index contributed by atoms with van der Waals surface area (Å²) in [6.07, 6.45) is 3.48. The molecule has 0 aliphatic carbocycles. The van der Waals surface area contributed by atoms with E-state index in [0.717, 1.165) is 12.8 Å². The van der Waals surface area contributed by atoms with Gasteiger partial charge in [0.05, 0.1) is 4.99 Å². The lowest BCUT2D eigenvalue weighted by Gasteiger charge is -2.30. The van der Waals surface area contributed by atoms with Crippen LogP contribution in [0.25, 0.3) is 0 Å². The van der Waals surface area contributed by atoms with Gasteiger partial charge in [-0.1, -0.05) is 12.2 Å². The molecule has 2 heterocycles. The van der Waals surface area contributed by atoms with Crippen LogP contribution in [-0.2, 0) is 7.05 Å². The summed E-state index contributed by atoms with van der Waals surface area (Å²) in [7, 11) is 1.80. The molecule has 0 bridgehead atoms. The fraction of sp³-hybridized carbons (Fsp3) is 0.545. The van der Waals surface area contributed by atoms with E-state index in [1.54, 1.807) is 24.0 Å². The molecule has 0 atom stereocenters. The largest absolute Gasteiger partial charge is 0.393 e. The van der Waals surface area contributed by atoms with E-state index in [-0.39, 0.29) is 11.8 Å². The van der Waals surface area contributed by atoms with Crippen LogP contribution in [0.4, 0.5) is 0 Å². The van der Waals surface area contributed by atoms with Crippen LogP contribution in [0.3, 0.4) is 0 Å². The first-order chi connectivity index (χ1) is 8.08. The van der Waals surface area contributed by atoms with Gasteiger partial charge in [-0.2, -0.15) is 5.10 Å². The third-order valence-electron chi connectivity index (χ3n) is 3.12. The lowest BCUT2D eigenvalue weighted by Crippen LogP contribution is -2.41. The number of rotatable bonds is 2. The van der Waals surface area contributed by atoms with E-state index in [4.69, 9.17) is 18.0 Å². The molecule has 1 aromatic rings. The minimum atomic E-state index is -0.00742. The summed E-state index contributed by atoms with van der Waals surface area (Å²) in [5.41, 5.74) is 6.12. The molecular weight excluding hydrogens is 236 g/mol. The number of carbonyl (C=O) groups excluding carboxylic acids is 1. The topological polar surface area (TPSA) is 64.2 Å². The number of nitrogens with zero attached hydrogens (tertiary/aromatic N) is 3. The monoisotopic (exact) mass is 252 g/mol. The molecule has 1 aliphatic rings. The Kier molecular flexibility index (Phi) is 3.42. The number of amides is 1. The molecule has 1 aliphatic heterocycles. The van der Waals surface area contributed by atoms with Gasteiger partial charge in [0, 0.05) is 32.3 Å². The van der Waals surface area contributed by atoms with E-state index in [1.165, 1.54) is 0 Å². The van der Waals surface area contributed by atoms with E-state index < -0.39 is 0 Å². The number of aromatic nitrogens is 2. The molecule has 1 saturated heterocycles.